The summed E-state index contributed by atoms with van der Waals surface area (Å²) in [4.78, 5) is 40.6. The average Bonchev–Trinajstić information content (AvgIpc) is 3.00. The summed E-state index contributed by atoms with van der Waals surface area (Å²) in [5.41, 5.74) is 2.70. The third-order valence-corrected chi connectivity index (χ3v) is 7.47. The maximum Gasteiger partial charge on any atom is 0.243 e. The molecule has 0 fully saturated rings. The molecule has 4 rings (SSSR count). The van der Waals surface area contributed by atoms with Crippen molar-refractivity contribution in [1.82, 2.24) is 21.3 Å². The molecule has 0 radical (unpaired) electrons. The topological polar surface area (TPSA) is 129 Å². The van der Waals surface area contributed by atoms with E-state index in [-0.39, 0.29) is 30.0 Å². The first-order valence-corrected chi connectivity index (χ1v) is 14.9. The molecule has 3 amide bonds. The monoisotopic (exact) mass is 586 g/mol. The molecule has 1 aliphatic heterocycles. The van der Waals surface area contributed by atoms with E-state index >= 15 is 0 Å². The van der Waals surface area contributed by atoms with E-state index in [4.69, 9.17) is 4.74 Å². The first-order chi connectivity index (χ1) is 20.8. The number of phenols is 1. The largest absolute Gasteiger partial charge is 0.508 e. The van der Waals surface area contributed by atoms with E-state index < -0.39 is 24.0 Å². The Morgan fingerprint density at radius 1 is 0.837 bits per heavy atom. The van der Waals surface area contributed by atoms with Gasteiger partial charge in [-0.1, -0.05) is 80.6 Å². The number of carbonyl (C=O) groups is 3. The lowest BCUT2D eigenvalue weighted by Crippen LogP contribution is -2.58. The van der Waals surface area contributed by atoms with Crippen LogP contribution in [-0.4, -0.2) is 60.6 Å². The van der Waals surface area contributed by atoms with Crippen LogP contribution in [0.2, 0.25) is 0 Å². The van der Waals surface area contributed by atoms with Crippen LogP contribution in [0, 0.1) is 5.92 Å². The zero-order chi connectivity index (χ0) is 30.6. The summed E-state index contributed by atoms with van der Waals surface area (Å²) in [6.07, 6.45) is 10.2. The van der Waals surface area contributed by atoms with Crippen LogP contribution in [0.1, 0.15) is 37.8 Å². The summed E-state index contributed by atoms with van der Waals surface area (Å²) in [6, 6.07) is 13.8. The maximum absolute atomic E-state index is 13.7. The van der Waals surface area contributed by atoms with Gasteiger partial charge >= 0.3 is 0 Å². The number of hydrogen-bond donors (Lipinski definition) is 5. The molecule has 43 heavy (non-hydrogen) atoms. The van der Waals surface area contributed by atoms with Crippen molar-refractivity contribution in [2.45, 2.75) is 57.7 Å². The van der Waals surface area contributed by atoms with Gasteiger partial charge in [-0.2, -0.15) is 0 Å². The van der Waals surface area contributed by atoms with Crippen molar-refractivity contribution in [1.29, 1.82) is 0 Å². The lowest BCUT2D eigenvalue weighted by atomic mass is 9.99. The molecule has 9 heteroatoms. The molecule has 0 spiro atoms. The van der Waals surface area contributed by atoms with Crippen LogP contribution >= 0.6 is 0 Å². The van der Waals surface area contributed by atoms with Crippen LogP contribution in [0.25, 0.3) is 0 Å². The molecule has 1 heterocycles. The van der Waals surface area contributed by atoms with Crippen LogP contribution in [-0.2, 0) is 32.0 Å². The molecule has 2 aromatic rings. The highest BCUT2D eigenvalue weighted by molar-refractivity contribution is 5.93. The normalized spacial score (nSPS) is 23.2. The summed E-state index contributed by atoms with van der Waals surface area (Å²) in [5.74, 6) is -0.305. The standard InChI is InChI=1S/C34H42N4O5/c1-23(2)31-34(42)37-29(22-24-9-4-3-5-10-24)32(40)36-18-8-12-26-11-6-7-13-30(26)43-20-19-35-28(33(41)38-31)21-25-14-16-27(39)17-15-25/h3-6,8-12,14-17,23,28-29,31,35,39H,7,13,18-22H2,1-2H3,(H,36,40)(H,37,42)(H,38,41)/b12-8+/t28-,29+,31-/m1/s1. The van der Waals surface area contributed by atoms with Crippen molar-refractivity contribution >= 4 is 17.7 Å². The van der Waals surface area contributed by atoms with Crippen molar-refractivity contribution in [3.8, 4) is 5.75 Å². The molecule has 5 N–H and O–H groups in total. The number of phenolic OH excluding ortho intramolecular Hbond substituents is 1. The Morgan fingerprint density at radius 3 is 2.28 bits per heavy atom. The number of amides is 3. The quantitative estimate of drug-likeness (QED) is 0.366. The number of hydrogen-bond acceptors (Lipinski definition) is 6. The molecule has 0 saturated heterocycles. The first kappa shape index (κ1) is 31.6. The predicted octanol–water partition coefficient (Wildman–Crippen LogP) is 3.07. The van der Waals surface area contributed by atoms with Gasteiger partial charge in [0, 0.05) is 31.5 Å². The molecular formula is C34H42N4O5. The highest BCUT2D eigenvalue weighted by Crippen LogP contribution is 2.21. The molecule has 0 aromatic heterocycles. The molecule has 2 aliphatic rings. The number of aromatic hydroxyl groups is 1. The fourth-order valence-electron chi connectivity index (χ4n) is 5.08. The zero-order valence-corrected chi connectivity index (χ0v) is 24.8. The molecule has 1 aliphatic carbocycles. The Hall–Kier alpha value is -4.37. The Balaban J connectivity index is 1.61. The number of carbonyl (C=O) groups excluding carboxylic acids is 3. The summed E-state index contributed by atoms with van der Waals surface area (Å²) in [6.45, 7) is 4.76. The highest BCUT2D eigenvalue weighted by Gasteiger charge is 2.31. The summed E-state index contributed by atoms with van der Waals surface area (Å²) < 4.78 is 6.12. The van der Waals surface area contributed by atoms with Gasteiger partial charge < -0.3 is 31.1 Å². The Labute approximate surface area is 253 Å². The third-order valence-electron chi connectivity index (χ3n) is 7.47. The van der Waals surface area contributed by atoms with Gasteiger partial charge in [-0.15, -0.1) is 0 Å². The second-order valence-corrected chi connectivity index (χ2v) is 11.2. The molecule has 0 unspecified atom stereocenters. The number of nitrogens with one attached hydrogen (secondary N) is 4. The van der Waals surface area contributed by atoms with E-state index in [9.17, 15) is 19.5 Å². The second kappa shape index (κ2) is 15.7. The molecule has 3 atom stereocenters. The number of ether oxygens (including phenoxy) is 1. The van der Waals surface area contributed by atoms with Crippen molar-refractivity contribution in [3.63, 3.8) is 0 Å². The summed E-state index contributed by atoms with van der Waals surface area (Å²) in [5, 5.41) is 21.8. The van der Waals surface area contributed by atoms with Gasteiger partial charge in [0.1, 0.15) is 30.2 Å². The molecule has 0 bridgehead atoms. The fraction of sp³-hybridized carbons (Fsp3) is 0.382. The van der Waals surface area contributed by atoms with Gasteiger partial charge in [0.05, 0.1) is 6.04 Å². The SMILES string of the molecule is CC(C)[C@H]1NC(=O)[C@@H](Cc2ccc(O)cc2)NCCOC2=C(C=CCC2)/C=C/CNC(=O)[C@H](Cc2ccccc2)NC1=O. The van der Waals surface area contributed by atoms with E-state index in [1.165, 1.54) is 0 Å². The average molecular weight is 587 g/mol. The van der Waals surface area contributed by atoms with E-state index in [2.05, 4.69) is 27.3 Å². The lowest BCUT2D eigenvalue weighted by Gasteiger charge is -2.27. The van der Waals surface area contributed by atoms with Gasteiger partial charge in [-0.25, -0.2) is 0 Å². The summed E-state index contributed by atoms with van der Waals surface area (Å²) in [7, 11) is 0. The van der Waals surface area contributed by atoms with Crippen molar-refractivity contribution in [3.05, 3.63) is 101 Å². The fourth-order valence-corrected chi connectivity index (χ4v) is 5.08. The zero-order valence-electron chi connectivity index (χ0n) is 24.8. The lowest BCUT2D eigenvalue weighted by molar-refractivity contribution is -0.133. The summed E-state index contributed by atoms with van der Waals surface area (Å²) >= 11 is 0. The Bertz CT molecular complexity index is 1330. The smallest absolute Gasteiger partial charge is 0.243 e. The maximum atomic E-state index is 13.7. The van der Waals surface area contributed by atoms with E-state index in [0.717, 1.165) is 35.3 Å². The Morgan fingerprint density at radius 2 is 1.53 bits per heavy atom. The van der Waals surface area contributed by atoms with Crippen molar-refractivity contribution < 1.29 is 24.2 Å². The van der Waals surface area contributed by atoms with E-state index in [1.807, 2.05) is 62.4 Å². The molecule has 2 aromatic carbocycles. The minimum absolute atomic E-state index is 0.143. The van der Waals surface area contributed by atoms with Crippen LogP contribution in [0.5, 0.6) is 5.75 Å². The van der Waals surface area contributed by atoms with Crippen LogP contribution in [0.15, 0.2) is 90.2 Å². The Kier molecular flexibility index (Phi) is 11.6. The molecule has 228 valence electrons. The molecule has 9 nitrogen and oxygen atoms in total. The van der Waals surface area contributed by atoms with Crippen LogP contribution < -0.4 is 21.3 Å². The van der Waals surface area contributed by atoms with E-state index in [1.54, 1.807) is 24.3 Å². The number of benzene rings is 2. The van der Waals surface area contributed by atoms with Crippen molar-refractivity contribution in [2.24, 2.45) is 5.92 Å². The third kappa shape index (κ3) is 9.58. The minimum Gasteiger partial charge on any atom is -0.508 e. The predicted molar refractivity (Wildman–Crippen MR) is 166 cm³/mol. The first-order valence-electron chi connectivity index (χ1n) is 14.9. The number of allylic oxidation sites excluding steroid dienone is 5. The van der Waals surface area contributed by atoms with Gasteiger partial charge in [0.15, 0.2) is 0 Å². The highest BCUT2D eigenvalue weighted by atomic mass is 16.5. The van der Waals surface area contributed by atoms with Gasteiger partial charge in [-0.3, -0.25) is 14.4 Å². The molecule has 0 saturated carbocycles. The van der Waals surface area contributed by atoms with Gasteiger partial charge in [0.25, 0.3) is 0 Å². The number of rotatable bonds is 5. The molecular weight excluding hydrogens is 544 g/mol. The van der Waals surface area contributed by atoms with Gasteiger partial charge in [-0.05, 0) is 42.0 Å². The second-order valence-electron chi connectivity index (χ2n) is 11.2. The van der Waals surface area contributed by atoms with Crippen molar-refractivity contribution in [2.75, 3.05) is 19.7 Å². The minimum atomic E-state index is -0.862. The van der Waals surface area contributed by atoms with Gasteiger partial charge in [0.2, 0.25) is 17.7 Å². The van der Waals surface area contributed by atoms with E-state index in [0.29, 0.717) is 26.0 Å². The van der Waals surface area contributed by atoms with Crippen LogP contribution in [0.3, 0.4) is 0 Å². The van der Waals surface area contributed by atoms with Crippen LogP contribution in [0.4, 0.5) is 0 Å².